The number of nitrogens with one attached hydrogen (secondary N) is 2. The van der Waals surface area contributed by atoms with Gasteiger partial charge in [0.2, 0.25) is 0 Å². The molecule has 1 aliphatic heterocycles. The van der Waals surface area contributed by atoms with Crippen molar-refractivity contribution in [2.45, 2.75) is 32.4 Å². The first-order valence-electron chi connectivity index (χ1n) is 12.1. The number of aromatic amines is 1. The molecule has 0 amide bonds. The Morgan fingerprint density at radius 2 is 1.26 bits per heavy atom. The summed E-state index contributed by atoms with van der Waals surface area (Å²) >= 11 is 0. The van der Waals surface area contributed by atoms with E-state index in [1.165, 1.54) is 0 Å². The first-order chi connectivity index (χ1) is 21.6. The molecular weight excluding hydrogens is 663 g/mol. The molecule has 1 aliphatic rings. The van der Waals surface area contributed by atoms with Crippen molar-refractivity contribution in [2.75, 3.05) is 5.32 Å². The Hall–Kier alpha value is -5.76. The molecule has 0 unspecified atom stereocenters. The number of alkyl halides is 9. The highest BCUT2D eigenvalue weighted by molar-refractivity contribution is 5.95. The molecule has 0 fully saturated rings. The molecule has 4 aromatic heterocycles. The Bertz CT molecular complexity index is 1610. The van der Waals surface area contributed by atoms with Gasteiger partial charge in [-0.05, 0) is 43.7 Å². The number of hydrogen-bond donors (Lipinski definition) is 5. The zero-order valence-electron chi connectivity index (χ0n) is 23.4. The van der Waals surface area contributed by atoms with Gasteiger partial charge in [0.05, 0.1) is 17.6 Å². The number of anilines is 2. The van der Waals surface area contributed by atoms with Gasteiger partial charge < -0.3 is 25.6 Å². The summed E-state index contributed by atoms with van der Waals surface area (Å²) < 4.78 is 95.2. The molecular formula is C26H19F9N6O6. The van der Waals surface area contributed by atoms with Crippen molar-refractivity contribution in [1.82, 2.24) is 24.9 Å². The third-order valence-corrected chi connectivity index (χ3v) is 5.42. The van der Waals surface area contributed by atoms with Crippen LogP contribution in [0, 0.1) is 13.8 Å². The standard InChI is InChI=1S/C20H16N6.3C2HF3O2/c1-11-5-9-22-12(2)16(11)20-25-17-13-6-8-21-10-15(13)24-19-14(18(17)26-20)4-3-7-23-19;3*3-2(4,5)1(6)7/h3-10H,1-2H3,(H,23,24)(H,25,26);3*(H,6,7). The van der Waals surface area contributed by atoms with E-state index in [0.29, 0.717) is 0 Å². The van der Waals surface area contributed by atoms with Crippen LogP contribution in [0.4, 0.5) is 51.0 Å². The Morgan fingerprint density at radius 3 is 1.74 bits per heavy atom. The van der Waals surface area contributed by atoms with E-state index < -0.39 is 36.4 Å². The van der Waals surface area contributed by atoms with Gasteiger partial charge in [-0.25, -0.2) is 24.4 Å². The zero-order chi connectivity index (χ0) is 35.9. The predicted octanol–water partition coefficient (Wildman–Crippen LogP) is 6.17. The fourth-order valence-electron chi connectivity index (χ4n) is 3.47. The second-order valence-electron chi connectivity index (χ2n) is 8.75. The summed E-state index contributed by atoms with van der Waals surface area (Å²) in [7, 11) is 0. The summed E-state index contributed by atoms with van der Waals surface area (Å²) in [5.41, 5.74) is 7.85. The fraction of sp³-hybridized carbons (Fsp3) is 0.192. The van der Waals surface area contributed by atoms with Gasteiger partial charge in [0.1, 0.15) is 17.3 Å². The van der Waals surface area contributed by atoms with Crippen LogP contribution in [0.25, 0.3) is 33.9 Å². The molecule has 0 atom stereocenters. The molecule has 0 spiro atoms. The summed E-state index contributed by atoms with van der Waals surface area (Å²) in [6, 6.07) is 7.94. The maximum Gasteiger partial charge on any atom is 0.490 e. The summed E-state index contributed by atoms with van der Waals surface area (Å²) in [5, 5.41) is 24.7. The van der Waals surface area contributed by atoms with Gasteiger partial charge in [-0.1, -0.05) is 0 Å². The van der Waals surface area contributed by atoms with Crippen molar-refractivity contribution in [3.63, 3.8) is 0 Å². The van der Waals surface area contributed by atoms with Gasteiger partial charge in [-0.15, -0.1) is 0 Å². The van der Waals surface area contributed by atoms with Crippen molar-refractivity contribution >= 4 is 29.4 Å². The van der Waals surface area contributed by atoms with E-state index in [1.807, 2.05) is 43.6 Å². The van der Waals surface area contributed by atoms with E-state index in [9.17, 15) is 39.5 Å². The smallest absolute Gasteiger partial charge is 0.475 e. The Balaban J connectivity index is 0.000000301. The number of hydrogen-bond acceptors (Lipinski definition) is 8. The highest BCUT2D eigenvalue weighted by Crippen LogP contribution is 2.43. The summed E-state index contributed by atoms with van der Waals surface area (Å²) in [5.74, 6) is -6.68. The SMILES string of the molecule is Cc1ccnc(C)c1-c1nc2c([nH]1)-c1ccncc1Nc1ncccc1-2.O=C(O)C(F)(F)F.O=C(O)C(F)(F)F.O=C(O)C(F)(F)F. The molecule has 0 radical (unpaired) electrons. The largest absolute Gasteiger partial charge is 0.490 e. The number of aryl methyl sites for hydroxylation is 2. The second-order valence-corrected chi connectivity index (χ2v) is 8.75. The molecule has 252 valence electrons. The fourth-order valence-corrected chi connectivity index (χ4v) is 3.47. The van der Waals surface area contributed by atoms with Crippen molar-refractivity contribution < 1.29 is 69.2 Å². The van der Waals surface area contributed by atoms with Crippen LogP contribution >= 0.6 is 0 Å². The minimum atomic E-state index is -5.08. The molecule has 0 aromatic carbocycles. The van der Waals surface area contributed by atoms with Crippen molar-refractivity contribution in [1.29, 1.82) is 0 Å². The molecule has 0 bridgehead atoms. The quantitative estimate of drug-likeness (QED) is 0.127. The number of carboxylic acids is 3. The predicted molar refractivity (Wildman–Crippen MR) is 142 cm³/mol. The van der Waals surface area contributed by atoms with E-state index in [1.54, 1.807) is 12.4 Å². The van der Waals surface area contributed by atoms with Crippen LogP contribution in [0.15, 0.2) is 49.1 Å². The van der Waals surface area contributed by atoms with E-state index in [2.05, 4.69) is 32.2 Å². The molecule has 5 heterocycles. The summed E-state index contributed by atoms with van der Waals surface area (Å²) in [4.78, 5) is 48.3. The molecule has 0 saturated carbocycles. The average molecular weight is 682 g/mol. The van der Waals surface area contributed by atoms with Crippen molar-refractivity contribution in [3.8, 4) is 33.9 Å². The summed E-state index contributed by atoms with van der Waals surface area (Å²) in [6.07, 6.45) is -8.05. The van der Waals surface area contributed by atoms with Crippen LogP contribution in [0.2, 0.25) is 0 Å². The van der Waals surface area contributed by atoms with Crippen molar-refractivity contribution in [2.24, 2.45) is 0 Å². The molecule has 12 nitrogen and oxygen atoms in total. The lowest BCUT2D eigenvalue weighted by Gasteiger charge is -2.08. The third kappa shape index (κ3) is 10.1. The number of carboxylic acid groups (broad SMARTS) is 3. The number of carbonyl (C=O) groups is 3. The molecule has 5 N–H and O–H groups in total. The number of rotatable bonds is 1. The van der Waals surface area contributed by atoms with E-state index in [0.717, 1.165) is 56.7 Å². The van der Waals surface area contributed by atoms with E-state index >= 15 is 0 Å². The van der Waals surface area contributed by atoms with Crippen LogP contribution in [0.3, 0.4) is 0 Å². The number of aliphatic carboxylic acids is 3. The number of aromatic nitrogens is 5. The lowest BCUT2D eigenvalue weighted by molar-refractivity contribution is -0.193. The number of pyridine rings is 3. The molecule has 0 aliphatic carbocycles. The molecule has 5 rings (SSSR count). The van der Waals surface area contributed by atoms with Gasteiger partial charge in [-0.3, -0.25) is 9.97 Å². The van der Waals surface area contributed by atoms with Crippen LogP contribution < -0.4 is 5.32 Å². The average Bonchev–Trinajstić information content (AvgIpc) is 3.32. The van der Waals surface area contributed by atoms with Crippen LogP contribution in [0.5, 0.6) is 0 Å². The number of H-pyrrole nitrogens is 1. The van der Waals surface area contributed by atoms with Crippen molar-refractivity contribution in [3.05, 3.63) is 60.3 Å². The minimum Gasteiger partial charge on any atom is -0.475 e. The van der Waals surface area contributed by atoms with E-state index in [-0.39, 0.29) is 0 Å². The maximum absolute atomic E-state index is 10.6. The Labute approximate surface area is 256 Å². The van der Waals surface area contributed by atoms with Crippen LogP contribution in [-0.2, 0) is 14.4 Å². The summed E-state index contributed by atoms with van der Waals surface area (Å²) in [6.45, 7) is 4.08. The van der Waals surface area contributed by atoms with Gasteiger partial charge in [0.25, 0.3) is 0 Å². The van der Waals surface area contributed by atoms with Crippen LogP contribution in [-0.4, -0.2) is 76.7 Å². The number of nitrogens with zero attached hydrogens (tertiary/aromatic N) is 4. The molecule has 4 aromatic rings. The van der Waals surface area contributed by atoms with Crippen LogP contribution in [0.1, 0.15) is 11.3 Å². The molecule has 0 saturated heterocycles. The zero-order valence-corrected chi connectivity index (χ0v) is 23.4. The first-order valence-corrected chi connectivity index (χ1v) is 12.1. The highest BCUT2D eigenvalue weighted by atomic mass is 19.4. The second kappa shape index (κ2) is 14.6. The normalized spacial score (nSPS) is 11.6. The lowest BCUT2D eigenvalue weighted by Crippen LogP contribution is -2.21. The van der Waals surface area contributed by atoms with E-state index in [4.69, 9.17) is 34.7 Å². The molecule has 47 heavy (non-hydrogen) atoms. The lowest BCUT2D eigenvalue weighted by atomic mass is 10.1. The molecule has 21 heteroatoms. The monoisotopic (exact) mass is 682 g/mol. The maximum atomic E-state index is 10.6. The first kappa shape index (κ1) is 37.4. The topological polar surface area (TPSA) is 191 Å². The Kier molecular flexibility index (Phi) is 11.6. The third-order valence-electron chi connectivity index (χ3n) is 5.42. The van der Waals surface area contributed by atoms with Gasteiger partial charge >= 0.3 is 36.4 Å². The number of imidazole rings is 1. The number of halogens is 9. The number of fused-ring (bicyclic) bond motifs is 5. The highest BCUT2D eigenvalue weighted by Gasteiger charge is 2.39. The van der Waals surface area contributed by atoms with Gasteiger partial charge in [-0.2, -0.15) is 39.5 Å². The van der Waals surface area contributed by atoms with Gasteiger partial charge in [0.15, 0.2) is 0 Å². The van der Waals surface area contributed by atoms with Gasteiger partial charge in [0, 0.05) is 41.0 Å². The Morgan fingerprint density at radius 1 is 0.723 bits per heavy atom. The minimum absolute atomic E-state index is 0.776.